The molecule has 7 heteroatoms. The van der Waals surface area contributed by atoms with Crippen LogP contribution in [0.2, 0.25) is 0 Å². The van der Waals surface area contributed by atoms with E-state index in [-0.39, 0.29) is 6.03 Å². The fourth-order valence-corrected chi connectivity index (χ4v) is 3.24. The van der Waals surface area contributed by atoms with Gasteiger partial charge in [0, 0.05) is 35.8 Å². The molecule has 3 amide bonds. The summed E-state index contributed by atoms with van der Waals surface area (Å²) in [6.45, 7) is 0.429. The molecule has 3 N–H and O–H groups in total. The quantitative estimate of drug-likeness (QED) is 0.756. The predicted octanol–water partition coefficient (Wildman–Crippen LogP) is 0.867. The van der Waals surface area contributed by atoms with E-state index in [0.717, 1.165) is 11.3 Å². The fraction of sp³-hybridized carbons (Fsp3) is 0.455. The molecule has 0 bridgehead atoms. The Morgan fingerprint density at radius 3 is 3.11 bits per heavy atom. The molecule has 1 atom stereocenters. The number of nitrogens with two attached hydrogens (primary N) is 1. The number of carbonyl (C=O) groups is 2. The van der Waals surface area contributed by atoms with Gasteiger partial charge in [-0.3, -0.25) is 9.69 Å². The number of urea groups is 1. The Hall–Kier alpha value is -1.14. The Morgan fingerprint density at radius 2 is 2.44 bits per heavy atom. The second-order valence-corrected chi connectivity index (χ2v) is 5.45. The first-order valence-electron chi connectivity index (χ1n) is 5.55. The summed E-state index contributed by atoms with van der Waals surface area (Å²) in [7, 11) is 0. The minimum atomic E-state index is -0.427. The van der Waals surface area contributed by atoms with Gasteiger partial charge in [0.1, 0.15) is 0 Å². The van der Waals surface area contributed by atoms with Gasteiger partial charge in [-0.15, -0.1) is 11.6 Å². The normalized spacial score (nSPS) is 23.5. The zero-order valence-corrected chi connectivity index (χ0v) is 11.3. The number of carbonyl (C=O) groups excluding carboxylic acids is 2. The lowest BCUT2D eigenvalue weighted by Gasteiger charge is -2.25. The number of halogens is 1. The van der Waals surface area contributed by atoms with Crippen LogP contribution in [0.25, 0.3) is 0 Å². The Bertz CT molecular complexity index is 436. The molecule has 0 saturated heterocycles. The molecule has 2 aliphatic heterocycles. The maximum Gasteiger partial charge on any atom is 0.325 e. The van der Waals surface area contributed by atoms with Gasteiger partial charge in [0.2, 0.25) is 5.91 Å². The summed E-state index contributed by atoms with van der Waals surface area (Å²) in [5.41, 5.74) is 6.95. The topological polar surface area (TPSA) is 75.4 Å². The number of hydrogen-bond acceptors (Lipinski definition) is 3. The number of rotatable bonds is 3. The van der Waals surface area contributed by atoms with Gasteiger partial charge in [0.15, 0.2) is 0 Å². The maximum absolute atomic E-state index is 11.9. The molecule has 1 unspecified atom stereocenters. The molecule has 2 aliphatic rings. The third-order valence-electron chi connectivity index (χ3n) is 2.86. The van der Waals surface area contributed by atoms with Gasteiger partial charge in [-0.2, -0.15) is 11.8 Å². The minimum absolute atomic E-state index is 0.268. The van der Waals surface area contributed by atoms with Crippen molar-refractivity contribution >= 4 is 35.3 Å². The van der Waals surface area contributed by atoms with Crippen LogP contribution in [-0.2, 0) is 4.79 Å². The predicted molar refractivity (Wildman–Crippen MR) is 72.1 cm³/mol. The summed E-state index contributed by atoms with van der Waals surface area (Å²) >= 11 is 7.27. The van der Waals surface area contributed by atoms with Crippen LogP contribution in [0.15, 0.2) is 23.5 Å². The highest BCUT2D eigenvalue weighted by molar-refractivity contribution is 7.99. The average molecular weight is 288 g/mol. The van der Waals surface area contributed by atoms with Gasteiger partial charge in [0.25, 0.3) is 0 Å². The summed E-state index contributed by atoms with van der Waals surface area (Å²) in [6.07, 6.45) is 3.55. The summed E-state index contributed by atoms with van der Waals surface area (Å²) in [6, 6.07) is -0.268. The molecule has 0 aromatic heterocycles. The van der Waals surface area contributed by atoms with Crippen LogP contribution in [0.1, 0.15) is 0 Å². The van der Waals surface area contributed by atoms with Crippen LogP contribution in [0.5, 0.6) is 0 Å². The van der Waals surface area contributed by atoms with E-state index < -0.39 is 11.8 Å². The SMILES string of the molecule is NC(=O)C1CSCC2=C1NC(=O)N(CCCl)C=C2. The van der Waals surface area contributed by atoms with Crippen LogP contribution in [0.3, 0.4) is 0 Å². The number of primary amides is 1. The summed E-state index contributed by atoms with van der Waals surface area (Å²) in [5, 5.41) is 2.78. The summed E-state index contributed by atoms with van der Waals surface area (Å²) in [5.74, 6) is 0.899. The van der Waals surface area contributed by atoms with E-state index in [1.54, 1.807) is 18.0 Å². The lowest BCUT2D eigenvalue weighted by atomic mass is 10.0. The zero-order chi connectivity index (χ0) is 13.1. The van der Waals surface area contributed by atoms with Crippen molar-refractivity contribution < 1.29 is 9.59 Å². The molecule has 5 nitrogen and oxygen atoms in total. The van der Waals surface area contributed by atoms with Crippen LogP contribution < -0.4 is 11.1 Å². The first kappa shape index (κ1) is 13.3. The largest absolute Gasteiger partial charge is 0.369 e. The van der Waals surface area contributed by atoms with Crippen molar-refractivity contribution in [3.05, 3.63) is 23.5 Å². The molecule has 2 rings (SSSR count). The van der Waals surface area contributed by atoms with E-state index in [2.05, 4.69) is 5.32 Å². The average Bonchev–Trinajstić information content (AvgIpc) is 2.49. The van der Waals surface area contributed by atoms with Gasteiger partial charge < -0.3 is 11.1 Å². The van der Waals surface area contributed by atoms with Crippen molar-refractivity contribution in [1.29, 1.82) is 0 Å². The highest BCUT2D eigenvalue weighted by Gasteiger charge is 2.30. The smallest absolute Gasteiger partial charge is 0.325 e. The van der Waals surface area contributed by atoms with E-state index in [1.807, 2.05) is 6.08 Å². The van der Waals surface area contributed by atoms with E-state index >= 15 is 0 Å². The summed E-state index contributed by atoms with van der Waals surface area (Å²) in [4.78, 5) is 24.8. The highest BCUT2D eigenvalue weighted by Crippen LogP contribution is 2.29. The van der Waals surface area contributed by atoms with Gasteiger partial charge >= 0.3 is 6.03 Å². The molecule has 0 aliphatic carbocycles. The molecule has 0 saturated carbocycles. The van der Waals surface area contributed by atoms with Crippen LogP contribution in [0.4, 0.5) is 4.79 Å². The molecule has 0 spiro atoms. The van der Waals surface area contributed by atoms with E-state index in [0.29, 0.717) is 23.9 Å². The number of allylic oxidation sites excluding steroid dienone is 1. The lowest BCUT2D eigenvalue weighted by molar-refractivity contribution is -0.120. The molecule has 0 aromatic carbocycles. The number of hydrogen-bond donors (Lipinski definition) is 2. The number of alkyl halides is 1. The number of nitrogens with one attached hydrogen (secondary N) is 1. The third kappa shape index (κ3) is 2.64. The Morgan fingerprint density at radius 1 is 1.67 bits per heavy atom. The Labute approximate surface area is 114 Å². The molecular formula is C11H14ClN3O2S. The number of thioether (sulfide) groups is 1. The Balaban J connectivity index is 2.26. The van der Waals surface area contributed by atoms with Crippen molar-refractivity contribution in [2.24, 2.45) is 11.7 Å². The molecule has 18 heavy (non-hydrogen) atoms. The molecular weight excluding hydrogens is 274 g/mol. The fourth-order valence-electron chi connectivity index (χ4n) is 1.90. The van der Waals surface area contributed by atoms with Crippen molar-refractivity contribution in [3.63, 3.8) is 0 Å². The van der Waals surface area contributed by atoms with Crippen LogP contribution in [-0.4, -0.2) is 40.8 Å². The van der Waals surface area contributed by atoms with Crippen LogP contribution in [0, 0.1) is 5.92 Å². The van der Waals surface area contributed by atoms with Crippen molar-refractivity contribution in [2.75, 3.05) is 23.9 Å². The molecule has 0 fully saturated rings. The van der Waals surface area contributed by atoms with Gasteiger partial charge in [-0.25, -0.2) is 4.79 Å². The third-order valence-corrected chi connectivity index (χ3v) is 4.12. The minimum Gasteiger partial charge on any atom is -0.369 e. The first-order chi connectivity index (χ1) is 8.63. The molecule has 98 valence electrons. The van der Waals surface area contributed by atoms with Gasteiger partial charge in [0.05, 0.1) is 5.92 Å². The van der Waals surface area contributed by atoms with Gasteiger partial charge in [-0.1, -0.05) is 0 Å². The number of nitrogens with zero attached hydrogens (tertiary/aromatic N) is 1. The number of amides is 3. The monoisotopic (exact) mass is 287 g/mol. The standard InChI is InChI=1S/C11H14ClN3O2S/c12-2-4-15-3-1-7-5-18-6-8(10(13)16)9(7)14-11(15)17/h1,3,8H,2,4-6H2,(H2,13,16)(H,14,17). The van der Waals surface area contributed by atoms with Crippen molar-refractivity contribution in [1.82, 2.24) is 10.2 Å². The van der Waals surface area contributed by atoms with Crippen molar-refractivity contribution in [2.45, 2.75) is 0 Å². The zero-order valence-electron chi connectivity index (χ0n) is 9.69. The molecule has 0 radical (unpaired) electrons. The van der Waals surface area contributed by atoms with E-state index in [9.17, 15) is 9.59 Å². The van der Waals surface area contributed by atoms with Crippen LogP contribution >= 0.6 is 23.4 Å². The summed E-state index contributed by atoms with van der Waals surface area (Å²) < 4.78 is 0. The van der Waals surface area contributed by atoms with Gasteiger partial charge in [-0.05, 0) is 11.6 Å². The second-order valence-electron chi connectivity index (χ2n) is 4.04. The second kappa shape index (κ2) is 5.67. The highest BCUT2D eigenvalue weighted by atomic mass is 35.5. The Kier molecular flexibility index (Phi) is 4.19. The van der Waals surface area contributed by atoms with E-state index in [4.69, 9.17) is 17.3 Å². The van der Waals surface area contributed by atoms with Crippen molar-refractivity contribution in [3.8, 4) is 0 Å². The first-order valence-corrected chi connectivity index (χ1v) is 7.24. The molecule has 2 heterocycles. The maximum atomic E-state index is 11.9. The molecule has 0 aromatic rings. The lowest BCUT2D eigenvalue weighted by Crippen LogP contribution is -2.42. The van der Waals surface area contributed by atoms with E-state index in [1.165, 1.54) is 4.90 Å².